The zero-order valence-electron chi connectivity index (χ0n) is 13.1. The maximum atomic E-state index is 12.0. The summed E-state index contributed by atoms with van der Waals surface area (Å²) in [6.45, 7) is 7.18. The Kier molecular flexibility index (Phi) is 7.18. The summed E-state index contributed by atoms with van der Waals surface area (Å²) in [5.41, 5.74) is 11.5. The SMILES string of the molecule is CCN(CC)CCNC(=O)c1ccc(OCC(N)=O)c(N)c1. The minimum absolute atomic E-state index is 0.194. The largest absolute Gasteiger partial charge is 0.482 e. The van der Waals surface area contributed by atoms with Crippen molar-refractivity contribution in [1.29, 1.82) is 0 Å². The number of rotatable bonds is 9. The average molecular weight is 308 g/mol. The van der Waals surface area contributed by atoms with Gasteiger partial charge in [0.05, 0.1) is 5.69 Å². The van der Waals surface area contributed by atoms with E-state index in [1.807, 2.05) is 0 Å². The second-order valence-electron chi connectivity index (χ2n) is 4.79. The first-order chi connectivity index (χ1) is 10.5. The molecule has 1 aromatic rings. The summed E-state index contributed by atoms with van der Waals surface area (Å²) in [6.07, 6.45) is 0. The van der Waals surface area contributed by atoms with E-state index in [0.717, 1.165) is 19.6 Å². The maximum absolute atomic E-state index is 12.0. The van der Waals surface area contributed by atoms with Crippen molar-refractivity contribution in [1.82, 2.24) is 10.2 Å². The maximum Gasteiger partial charge on any atom is 0.255 e. The van der Waals surface area contributed by atoms with Crippen molar-refractivity contribution in [2.24, 2.45) is 5.73 Å². The average Bonchev–Trinajstić information content (AvgIpc) is 2.50. The number of nitrogens with zero attached hydrogens (tertiary/aromatic N) is 1. The second-order valence-corrected chi connectivity index (χ2v) is 4.79. The molecule has 122 valence electrons. The van der Waals surface area contributed by atoms with Crippen LogP contribution in [0.3, 0.4) is 0 Å². The quantitative estimate of drug-likeness (QED) is 0.565. The second kappa shape index (κ2) is 8.89. The van der Waals surface area contributed by atoms with E-state index >= 15 is 0 Å². The molecule has 0 atom stereocenters. The van der Waals surface area contributed by atoms with E-state index in [9.17, 15) is 9.59 Å². The number of amides is 2. The number of likely N-dealkylation sites (N-methyl/N-ethyl adjacent to an activating group) is 1. The van der Waals surface area contributed by atoms with Gasteiger partial charge < -0.3 is 26.4 Å². The number of ether oxygens (including phenoxy) is 1. The Morgan fingerprint density at radius 1 is 1.27 bits per heavy atom. The van der Waals surface area contributed by atoms with Gasteiger partial charge in [-0.3, -0.25) is 9.59 Å². The van der Waals surface area contributed by atoms with E-state index in [0.29, 0.717) is 17.9 Å². The molecular formula is C15H24N4O3. The Bertz CT molecular complexity index is 516. The Morgan fingerprint density at radius 2 is 1.95 bits per heavy atom. The Labute approximate surface area is 130 Å². The molecule has 0 saturated heterocycles. The van der Waals surface area contributed by atoms with Crippen LogP contribution >= 0.6 is 0 Å². The molecule has 0 aromatic heterocycles. The third-order valence-electron chi connectivity index (χ3n) is 3.25. The van der Waals surface area contributed by atoms with Crippen molar-refractivity contribution >= 4 is 17.5 Å². The van der Waals surface area contributed by atoms with Gasteiger partial charge >= 0.3 is 0 Å². The van der Waals surface area contributed by atoms with Crippen LogP contribution in [0, 0.1) is 0 Å². The van der Waals surface area contributed by atoms with Crippen LogP contribution in [0.2, 0.25) is 0 Å². The molecular weight excluding hydrogens is 284 g/mol. The summed E-state index contributed by atoms with van der Waals surface area (Å²) in [7, 11) is 0. The standard InChI is InChI=1S/C15H24N4O3/c1-3-19(4-2)8-7-18-15(21)11-5-6-13(12(16)9-11)22-10-14(17)20/h5-6,9H,3-4,7-8,10,16H2,1-2H3,(H2,17,20)(H,18,21). The lowest BCUT2D eigenvalue weighted by Crippen LogP contribution is -2.34. The summed E-state index contributed by atoms with van der Waals surface area (Å²) < 4.78 is 5.14. The van der Waals surface area contributed by atoms with Crippen LogP contribution in [0.15, 0.2) is 18.2 Å². The lowest BCUT2D eigenvalue weighted by molar-refractivity contribution is -0.119. The number of hydrogen-bond donors (Lipinski definition) is 3. The number of carbonyl (C=O) groups excluding carboxylic acids is 2. The van der Waals surface area contributed by atoms with Crippen molar-refractivity contribution in [3.8, 4) is 5.75 Å². The predicted octanol–water partition coefficient (Wildman–Crippen LogP) is 0.205. The van der Waals surface area contributed by atoms with Crippen LogP contribution in [-0.2, 0) is 4.79 Å². The van der Waals surface area contributed by atoms with Gasteiger partial charge in [-0.1, -0.05) is 13.8 Å². The van der Waals surface area contributed by atoms with Crippen molar-refractivity contribution in [2.75, 3.05) is 38.5 Å². The van der Waals surface area contributed by atoms with E-state index in [1.54, 1.807) is 12.1 Å². The number of hydrogen-bond acceptors (Lipinski definition) is 5. The number of carbonyl (C=O) groups is 2. The molecule has 0 saturated carbocycles. The molecule has 2 amide bonds. The van der Waals surface area contributed by atoms with Gasteiger partial charge in [-0.15, -0.1) is 0 Å². The molecule has 0 aliphatic rings. The third-order valence-corrected chi connectivity index (χ3v) is 3.25. The number of nitrogens with two attached hydrogens (primary N) is 2. The first-order valence-electron chi connectivity index (χ1n) is 7.29. The molecule has 1 rings (SSSR count). The van der Waals surface area contributed by atoms with E-state index in [4.69, 9.17) is 16.2 Å². The van der Waals surface area contributed by atoms with Crippen LogP contribution in [-0.4, -0.2) is 49.5 Å². The molecule has 22 heavy (non-hydrogen) atoms. The van der Waals surface area contributed by atoms with Crippen LogP contribution < -0.4 is 21.5 Å². The fourth-order valence-corrected chi connectivity index (χ4v) is 1.94. The van der Waals surface area contributed by atoms with Crippen molar-refractivity contribution in [3.05, 3.63) is 23.8 Å². The van der Waals surface area contributed by atoms with Crippen LogP contribution in [0.4, 0.5) is 5.69 Å². The van der Waals surface area contributed by atoms with E-state index < -0.39 is 5.91 Å². The van der Waals surface area contributed by atoms with Crippen LogP contribution in [0.1, 0.15) is 24.2 Å². The van der Waals surface area contributed by atoms with Crippen LogP contribution in [0.5, 0.6) is 5.75 Å². The molecule has 7 nitrogen and oxygen atoms in total. The van der Waals surface area contributed by atoms with Crippen molar-refractivity contribution in [2.45, 2.75) is 13.8 Å². The monoisotopic (exact) mass is 308 g/mol. The molecule has 0 aliphatic carbocycles. The van der Waals surface area contributed by atoms with Crippen LogP contribution in [0.25, 0.3) is 0 Å². The predicted molar refractivity (Wildman–Crippen MR) is 85.7 cm³/mol. The minimum Gasteiger partial charge on any atom is -0.482 e. The first-order valence-corrected chi connectivity index (χ1v) is 7.29. The lowest BCUT2D eigenvalue weighted by Gasteiger charge is -2.18. The number of nitrogens with one attached hydrogen (secondary N) is 1. The summed E-state index contributed by atoms with van der Waals surface area (Å²) in [5, 5.41) is 2.84. The summed E-state index contributed by atoms with van der Waals surface area (Å²) >= 11 is 0. The normalized spacial score (nSPS) is 10.5. The van der Waals surface area contributed by atoms with Gasteiger partial charge in [0.25, 0.3) is 11.8 Å². The highest BCUT2D eigenvalue weighted by Gasteiger charge is 2.09. The molecule has 5 N–H and O–H groups in total. The van der Waals surface area contributed by atoms with Gasteiger partial charge in [-0.05, 0) is 31.3 Å². The highest BCUT2D eigenvalue weighted by atomic mass is 16.5. The van der Waals surface area contributed by atoms with Gasteiger partial charge in [0.2, 0.25) is 0 Å². The number of nitrogen functional groups attached to an aromatic ring is 1. The molecule has 0 bridgehead atoms. The van der Waals surface area contributed by atoms with Gasteiger partial charge in [0.15, 0.2) is 6.61 Å². The van der Waals surface area contributed by atoms with Gasteiger partial charge in [-0.25, -0.2) is 0 Å². The van der Waals surface area contributed by atoms with Gasteiger partial charge in [0.1, 0.15) is 5.75 Å². The fourth-order valence-electron chi connectivity index (χ4n) is 1.94. The molecule has 0 heterocycles. The zero-order valence-corrected chi connectivity index (χ0v) is 13.1. The highest BCUT2D eigenvalue weighted by molar-refractivity contribution is 5.95. The summed E-state index contributed by atoms with van der Waals surface area (Å²) in [6, 6.07) is 4.67. The topological polar surface area (TPSA) is 111 Å². The zero-order chi connectivity index (χ0) is 16.5. The Hall–Kier alpha value is -2.28. The highest BCUT2D eigenvalue weighted by Crippen LogP contribution is 2.22. The Morgan fingerprint density at radius 3 is 2.50 bits per heavy atom. The number of anilines is 1. The molecule has 7 heteroatoms. The summed E-state index contributed by atoms with van der Waals surface area (Å²) in [5.74, 6) is -0.448. The fraction of sp³-hybridized carbons (Fsp3) is 0.467. The van der Waals surface area contributed by atoms with E-state index in [1.165, 1.54) is 6.07 Å². The molecule has 0 aliphatic heterocycles. The lowest BCUT2D eigenvalue weighted by atomic mass is 10.1. The minimum atomic E-state index is -0.586. The van der Waals surface area contributed by atoms with Crippen molar-refractivity contribution < 1.29 is 14.3 Å². The van der Waals surface area contributed by atoms with Gasteiger partial charge in [0, 0.05) is 18.7 Å². The summed E-state index contributed by atoms with van der Waals surface area (Å²) in [4.78, 5) is 24.9. The van der Waals surface area contributed by atoms with Crippen molar-refractivity contribution in [3.63, 3.8) is 0 Å². The Balaban J connectivity index is 2.56. The first kappa shape index (κ1) is 17.8. The number of primary amides is 1. The number of benzene rings is 1. The third kappa shape index (κ3) is 5.61. The molecule has 0 fully saturated rings. The molecule has 1 aromatic carbocycles. The molecule has 0 radical (unpaired) electrons. The van der Waals surface area contributed by atoms with E-state index in [2.05, 4.69) is 24.1 Å². The van der Waals surface area contributed by atoms with Gasteiger partial charge in [-0.2, -0.15) is 0 Å². The van der Waals surface area contributed by atoms with E-state index in [-0.39, 0.29) is 18.2 Å². The molecule has 0 unspecified atom stereocenters. The smallest absolute Gasteiger partial charge is 0.255 e. The molecule has 0 spiro atoms.